The van der Waals surface area contributed by atoms with Crippen LogP contribution in [0.4, 0.5) is 0 Å². The Labute approximate surface area is 132 Å². The fourth-order valence-corrected chi connectivity index (χ4v) is 4.54. The molecule has 106 valence electrons. The smallest absolute Gasteiger partial charge is 0.225 e. The zero-order chi connectivity index (χ0) is 12.5. The molecule has 1 amide bonds. The predicted octanol–water partition coefficient (Wildman–Crippen LogP) is 2.87. The van der Waals surface area contributed by atoms with Gasteiger partial charge in [-0.3, -0.25) is 4.79 Å². The summed E-state index contributed by atoms with van der Waals surface area (Å²) in [5.74, 6) is 0.163. The van der Waals surface area contributed by atoms with Gasteiger partial charge in [0.2, 0.25) is 5.91 Å². The highest BCUT2D eigenvalue weighted by Gasteiger charge is 2.33. The first kappa shape index (κ1) is 15.3. The van der Waals surface area contributed by atoms with Crippen LogP contribution in [0.3, 0.4) is 0 Å². The molecule has 2 unspecified atom stereocenters. The lowest BCUT2D eigenvalue weighted by Gasteiger charge is -2.29. The Bertz CT molecular complexity index is 442. The van der Waals surface area contributed by atoms with Crippen molar-refractivity contribution in [2.24, 2.45) is 0 Å². The maximum absolute atomic E-state index is 12.0. The standard InChI is InChI=1S/C13H17BrN2OS.ClH/c14-12-4-3-11(18-12)7-13(17)16-10-5-8-1-2-9(6-10)15-8;/h3-4,8-10,15H,1-2,5-7H2,(H,16,17);1H. The van der Waals surface area contributed by atoms with Gasteiger partial charge in [0.25, 0.3) is 0 Å². The van der Waals surface area contributed by atoms with E-state index in [1.54, 1.807) is 11.3 Å². The minimum atomic E-state index is 0. The highest BCUT2D eigenvalue weighted by Crippen LogP contribution is 2.27. The van der Waals surface area contributed by atoms with Crippen molar-refractivity contribution in [2.45, 2.75) is 50.2 Å². The second-order valence-corrected chi connectivity index (χ2v) is 7.80. The van der Waals surface area contributed by atoms with E-state index in [0.29, 0.717) is 24.5 Å². The van der Waals surface area contributed by atoms with Gasteiger partial charge in [0, 0.05) is 23.0 Å². The second-order valence-electron chi connectivity index (χ2n) is 5.26. The van der Waals surface area contributed by atoms with Gasteiger partial charge >= 0.3 is 0 Å². The molecule has 2 N–H and O–H groups in total. The van der Waals surface area contributed by atoms with Crippen LogP contribution in [0.2, 0.25) is 0 Å². The summed E-state index contributed by atoms with van der Waals surface area (Å²) in [5.41, 5.74) is 0. The van der Waals surface area contributed by atoms with Gasteiger partial charge in [0.15, 0.2) is 0 Å². The first-order valence-electron chi connectivity index (χ1n) is 6.48. The summed E-state index contributed by atoms with van der Waals surface area (Å²) in [6.07, 6.45) is 5.24. The van der Waals surface area contributed by atoms with E-state index in [1.807, 2.05) is 12.1 Å². The van der Waals surface area contributed by atoms with Crippen LogP contribution in [0, 0.1) is 0 Å². The molecule has 0 spiro atoms. The molecular weight excluding hydrogens is 348 g/mol. The van der Waals surface area contributed by atoms with Gasteiger partial charge < -0.3 is 10.6 Å². The van der Waals surface area contributed by atoms with E-state index in [4.69, 9.17) is 0 Å². The Morgan fingerprint density at radius 3 is 2.63 bits per heavy atom. The Morgan fingerprint density at radius 2 is 2.05 bits per heavy atom. The maximum atomic E-state index is 12.0. The first-order chi connectivity index (χ1) is 8.69. The van der Waals surface area contributed by atoms with Crippen LogP contribution in [0.15, 0.2) is 15.9 Å². The number of carbonyl (C=O) groups is 1. The molecule has 1 aromatic heterocycles. The monoisotopic (exact) mass is 364 g/mol. The number of thiophene rings is 1. The molecule has 2 bridgehead atoms. The molecule has 19 heavy (non-hydrogen) atoms. The lowest BCUT2D eigenvalue weighted by molar-refractivity contribution is -0.121. The molecule has 2 fully saturated rings. The van der Waals surface area contributed by atoms with E-state index >= 15 is 0 Å². The fourth-order valence-electron chi connectivity index (χ4n) is 3.06. The van der Waals surface area contributed by atoms with Gasteiger partial charge in [-0.05, 0) is 53.7 Å². The van der Waals surface area contributed by atoms with E-state index in [-0.39, 0.29) is 18.3 Å². The molecule has 6 heteroatoms. The third kappa shape index (κ3) is 3.94. The molecule has 2 atom stereocenters. The minimum absolute atomic E-state index is 0. The third-order valence-electron chi connectivity index (χ3n) is 3.80. The van der Waals surface area contributed by atoms with E-state index < -0.39 is 0 Å². The van der Waals surface area contributed by atoms with Crippen LogP contribution >= 0.6 is 39.7 Å². The van der Waals surface area contributed by atoms with Crippen LogP contribution in [0.5, 0.6) is 0 Å². The van der Waals surface area contributed by atoms with Crippen molar-refractivity contribution in [3.63, 3.8) is 0 Å². The van der Waals surface area contributed by atoms with Crippen LogP contribution in [-0.2, 0) is 11.2 Å². The number of fused-ring (bicyclic) bond motifs is 2. The average molecular weight is 366 g/mol. The quantitative estimate of drug-likeness (QED) is 0.865. The highest BCUT2D eigenvalue weighted by atomic mass is 79.9. The van der Waals surface area contributed by atoms with Crippen molar-refractivity contribution in [3.05, 3.63) is 20.8 Å². The first-order valence-corrected chi connectivity index (χ1v) is 8.09. The average Bonchev–Trinajstić information content (AvgIpc) is 2.85. The Balaban J connectivity index is 0.00000133. The van der Waals surface area contributed by atoms with Crippen molar-refractivity contribution in [1.82, 2.24) is 10.6 Å². The van der Waals surface area contributed by atoms with E-state index in [2.05, 4.69) is 26.6 Å². The van der Waals surface area contributed by atoms with Crippen molar-refractivity contribution in [3.8, 4) is 0 Å². The van der Waals surface area contributed by atoms with Gasteiger partial charge in [-0.25, -0.2) is 0 Å². The maximum Gasteiger partial charge on any atom is 0.225 e. The molecule has 3 rings (SSSR count). The topological polar surface area (TPSA) is 41.1 Å². The largest absolute Gasteiger partial charge is 0.353 e. The zero-order valence-electron chi connectivity index (χ0n) is 10.5. The predicted molar refractivity (Wildman–Crippen MR) is 84.1 cm³/mol. The molecule has 0 radical (unpaired) electrons. The van der Waals surface area contributed by atoms with Crippen molar-refractivity contribution in [1.29, 1.82) is 0 Å². The Hall–Kier alpha value is -0.100. The van der Waals surface area contributed by atoms with Crippen molar-refractivity contribution in [2.75, 3.05) is 0 Å². The van der Waals surface area contributed by atoms with Crippen molar-refractivity contribution >= 4 is 45.6 Å². The molecule has 2 aliphatic heterocycles. The highest BCUT2D eigenvalue weighted by molar-refractivity contribution is 9.11. The normalized spacial score (nSPS) is 28.8. The number of carbonyl (C=O) groups excluding carboxylic acids is 1. The van der Waals surface area contributed by atoms with Gasteiger partial charge in [0.1, 0.15) is 0 Å². The van der Waals surface area contributed by atoms with E-state index in [1.165, 1.54) is 12.8 Å². The molecule has 3 heterocycles. The summed E-state index contributed by atoms with van der Waals surface area (Å²) >= 11 is 5.06. The Morgan fingerprint density at radius 1 is 1.37 bits per heavy atom. The Kier molecular flexibility index (Phi) is 5.29. The second kappa shape index (κ2) is 6.57. The zero-order valence-corrected chi connectivity index (χ0v) is 13.7. The molecule has 3 nitrogen and oxygen atoms in total. The van der Waals surface area contributed by atoms with Crippen molar-refractivity contribution < 1.29 is 4.79 Å². The van der Waals surface area contributed by atoms with Gasteiger partial charge in [-0.2, -0.15) is 0 Å². The number of halogens is 2. The summed E-state index contributed by atoms with van der Waals surface area (Å²) in [6.45, 7) is 0. The van der Waals surface area contributed by atoms with Crippen LogP contribution in [0.1, 0.15) is 30.6 Å². The molecule has 0 aliphatic carbocycles. The van der Waals surface area contributed by atoms with E-state index in [0.717, 1.165) is 21.5 Å². The molecule has 2 aliphatic rings. The minimum Gasteiger partial charge on any atom is -0.353 e. The van der Waals surface area contributed by atoms with E-state index in [9.17, 15) is 4.79 Å². The number of hydrogen-bond acceptors (Lipinski definition) is 3. The molecule has 1 aromatic rings. The van der Waals surface area contributed by atoms with Gasteiger partial charge in [-0.1, -0.05) is 0 Å². The molecule has 0 aromatic carbocycles. The summed E-state index contributed by atoms with van der Waals surface area (Å²) in [4.78, 5) is 13.1. The van der Waals surface area contributed by atoms with Crippen LogP contribution in [-0.4, -0.2) is 24.0 Å². The number of amides is 1. The summed E-state index contributed by atoms with van der Waals surface area (Å²) in [7, 11) is 0. The number of rotatable bonds is 3. The fraction of sp³-hybridized carbons (Fsp3) is 0.615. The lowest BCUT2D eigenvalue weighted by atomic mass is 10.00. The number of nitrogens with one attached hydrogen (secondary N) is 2. The SMILES string of the molecule is Cl.O=C(Cc1ccc(Br)s1)NC1CC2CCC(C1)N2. The number of hydrogen-bond donors (Lipinski definition) is 2. The van der Waals surface area contributed by atoms with Crippen LogP contribution in [0.25, 0.3) is 0 Å². The van der Waals surface area contributed by atoms with Crippen LogP contribution < -0.4 is 10.6 Å². The molecular formula is C13H18BrClN2OS. The summed E-state index contributed by atoms with van der Waals surface area (Å²) < 4.78 is 1.09. The summed E-state index contributed by atoms with van der Waals surface area (Å²) in [5, 5.41) is 6.78. The molecule has 2 saturated heterocycles. The molecule has 0 saturated carbocycles. The third-order valence-corrected chi connectivity index (χ3v) is 5.43. The number of piperidine rings is 1. The lowest BCUT2D eigenvalue weighted by Crippen LogP contribution is -2.48. The van der Waals surface area contributed by atoms with Gasteiger partial charge in [-0.15, -0.1) is 23.7 Å². The summed E-state index contributed by atoms with van der Waals surface area (Å²) in [6, 6.07) is 5.65. The van der Waals surface area contributed by atoms with Gasteiger partial charge in [0.05, 0.1) is 10.2 Å².